The second-order valence-electron chi connectivity index (χ2n) is 6.86. The Labute approximate surface area is 164 Å². The maximum absolute atomic E-state index is 12.6. The second-order valence-corrected chi connectivity index (χ2v) is 7.75. The van der Waals surface area contributed by atoms with Crippen molar-refractivity contribution in [2.45, 2.75) is 37.6 Å². The summed E-state index contributed by atoms with van der Waals surface area (Å²) in [6.45, 7) is -0.608. The largest absolute Gasteiger partial charge is 0.452 e. The first-order valence-corrected chi connectivity index (χ1v) is 9.83. The first kappa shape index (κ1) is 18.4. The molecule has 0 bridgehead atoms. The van der Waals surface area contributed by atoms with Gasteiger partial charge in [0.25, 0.3) is 11.8 Å². The molecule has 1 aliphatic heterocycles. The zero-order valence-electron chi connectivity index (χ0n) is 14.9. The molecule has 2 aliphatic rings. The molecule has 146 valence electrons. The summed E-state index contributed by atoms with van der Waals surface area (Å²) in [6.07, 6.45) is 3.81. The van der Waals surface area contributed by atoms with E-state index in [2.05, 4.69) is 15.7 Å². The van der Waals surface area contributed by atoms with Crippen LogP contribution in [0.1, 0.15) is 42.5 Å². The summed E-state index contributed by atoms with van der Waals surface area (Å²) < 4.78 is 5.83. The van der Waals surface area contributed by atoms with E-state index in [9.17, 15) is 19.2 Å². The summed E-state index contributed by atoms with van der Waals surface area (Å²) in [7, 11) is 0. The highest BCUT2D eigenvalue weighted by Gasteiger charge is 2.52. The molecule has 1 spiro atoms. The fraction of sp³-hybridized carbons (Fsp3) is 0.389. The van der Waals surface area contributed by atoms with Gasteiger partial charge < -0.3 is 10.1 Å². The summed E-state index contributed by atoms with van der Waals surface area (Å²) in [5.41, 5.74) is 4.04. The van der Waals surface area contributed by atoms with Gasteiger partial charge in [-0.3, -0.25) is 15.0 Å². The lowest BCUT2D eigenvalue weighted by atomic mass is 9.82. The number of carbonyl (C=O) groups excluding carboxylic acids is 4. The molecule has 2 heterocycles. The van der Waals surface area contributed by atoms with Gasteiger partial charge in [0.15, 0.2) is 6.61 Å². The third kappa shape index (κ3) is 3.31. The minimum Gasteiger partial charge on any atom is -0.452 e. The van der Waals surface area contributed by atoms with Crippen molar-refractivity contribution in [3.8, 4) is 0 Å². The number of rotatable bonds is 4. The average molecular weight is 402 g/mol. The number of amides is 4. The monoisotopic (exact) mass is 402 g/mol. The van der Waals surface area contributed by atoms with Gasteiger partial charge in [-0.2, -0.15) is 5.01 Å². The predicted octanol–water partition coefficient (Wildman–Crippen LogP) is 1.74. The molecule has 1 aliphatic carbocycles. The standard InChI is InChI=1S/C18H18N4O5S/c23-14(9-27-15(24)11-4-5-12-13(8-11)28-10-19-12)21-22-16(25)18(20-17(22)26)6-2-1-3-7-18/h4-5,8,10H,1-3,6-7,9H2,(H,20,26)(H,21,23). The van der Waals surface area contributed by atoms with E-state index in [0.717, 1.165) is 29.5 Å². The lowest BCUT2D eigenvalue weighted by Crippen LogP contribution is -2.51. The van der Waals surface area contributed by atoms with Crippen LogP contribution in [0.4, 0.5) is 4.79 Å². The van der Waals surface area contributed by atoms with E-state index in [1.54, 1.807) is 23.7 Å². The number of esters is 1. The first-order chi connectivity index (χ1) is 13.5. The maximum Gasteiger partial charge on any atom is 0.344 e. The van der Waals surface area contributed by atoms with Crippen LogP contribution < -0.4 is 10.7 Å². The molecular formula is C18H18N4O5S. The molecule has 1 aromatic heterocycles. The number of benzene rings is 1. The van der Waals surface area contributed by atoms with Gasteiger partial charge in [-0.25, -0.2) is 14.6 Å². The van der Waals surface area contributed by atoms with Crippen molar-refractivity contribution < 1.29 is 23.9 Å². The van der Waals surface area contributed by atoms with Crippen LogP contribution in [0.25, 0.3) is 10.2 Å². The summed E-state index contributed by atoms with van der Waals surface area (Å²) >= 11 is 1.39. The molecule has 2 N–H and O–H groups in total. The van der Waals surface area contributed by atoms with Gasteiger partial charge in [-0.15, -0.1) is 11.3 Å². The number of nitrogens with zero attached hydrogens (tertiary/aromatic N) is 2. The van der Waals surface area contributed by atoms with Crippen molar-refractivity contribution in [3.63, 3.8) is 0 Å². The lowest BCUT2D eigenvalue weighted by Gasteiger charge is -2.30. The normalized spacial score (nSPS) is 18.4. The number of hydrazine groups is 1. The Kier molecular flexibility index (Phi) is 4.71. The third-order valence-electron chi connectivity index (χ3n) is 5.01. The average Bonchev–Trinajstić information content (AvgIpc) is 3.25. The Morgan fingerprint density at radius 2 is 2.04 bits per heavy atom. The molecular weight excluding hydrogens is 384 g/mol. The molecule has 0 radical (unpaired) electrons. The molecule has 1 saturated carbocycles. The lowest BCUT2D eigenvalue weighted by molar-refractivity contribution is -0.140. The summed E-state index contributed by atoms with van der Waals surface area (Å²) in [5.74, 6) is -1.90. The Hall–Kier alpha value is -3.01. The number of imide groups is 1. The highest BCUT2D eigenvalue weighted by molar-refractivity contribution is 7.16. The Bertz CT molecular complexity index is 966. The zero-order valence-corrected chi connectivity index (χ0v) is 15.7. The van der Waals surface area contributed by atoms with E-state index in [0.29, 0.717) is 23.4 Å². The number of hydrogen-bond acceptors (Lipinski definition) is 7. The van der Waals surface area contributed by atoms with E-state index in [4.69, 9.17) is 4.74 Å². The molecule has 1 aromatic carbocycles. The van der Waals surface area contributed by atoms with Crippen molar-refractivity contribution in [1.29, 1.82) is 0 Å². The van der Waals surface area contributed by atoms with Crippen LogP contribution >= 0.6 is 11.3 Å². The minimum absolute atomic E-state index is 0.292. The van der Waals surface area contributed by atoms with E-state index in [1.807, 2.05) is 0 Å². The number of aromatic nitrogens is 1. The molecule has 0 atom stereocenters. The zero-order chi connectivity index (χ0) is 19.7. The van der Waals surface area contributed by atoms with Gasteiger partial charge in [-0.05, 0) is 31.0 Å². The van der Waals surface area contributed by atoms with Gasteiger partial charge in [0.05, 0.1) is 21.3 Å². The number of urea groups is 1. The molecule has 28 heavy (non-hydrogen) atoms. The van der Waals surface area contributed by atoms with E-state index >= 15 is 0 Å². The van der Waals surface area contributed by atoms with Gasteiger partial charge in [-0.1, -0.05) is 19.3 Å². The van der Waals surface area contributed by atoms with Crippen LogP contribution in [-0.2, 0) is 14.3 Å². The van der Waals surface area contributed by atoms with Crippen molar-refractivity contribution in [3.05, 3.63) is 29.3 Å². The molecule has 1 saturated heterocycles. The van der Waals surface area contributed by atoms with E-state index < -0.39 is 36.0 Å². The van der Waals surface area contributed by atoms with Crippen LogP contribution in [0.15, 0.2) is 23.7 Å². The number of ether oxygens (including phenoxy) is 1. The molecule has 0 unspecified atom stereocenters. The van der Waals surface area contributed by atoms with Gasteiger partial charge >= 0.3 is 12.0 Å². The summed E-state index contributed by atoms with van der Waals surface area (Å²) in [4.78, 5) is 53.1. The Morgan fingerprint density at radius 1 is 1.25 bits per heavy atom. The topological polar surface area (TPSA) is 118 Å². The maximum atomic E-state index is 12.6. The first-order valence-electron chi connectivity index (χ1n) is 8.95. The highest BCUT2D eigenvalue weighted by Crippen LogP contribution is 2.32. The number of carbonyl (C=O) groups is 4. The molecule has 2 aromatic rings. The van der Waals surface area contributed by atoms with Gasteiger partial charge in [0, 0.05) is 0 Å². The third-order valence-corrected chi connectivity index (χ3v) is 5.80. The Morgan fingerprint density at radius 3 is 2.82 bits per heavy atom. The molecule has 4 amide bonds. The van der Waals surface area contributed by atoms with Crippen molar-refractivity contribution in [2.75, 3.05) is 6.61 Å². The van der Waals surface area contributed by atoms with E-state index in [-0.39, 0.29) is 0 Å². The Balaban J connectivity index is 1.34. The molecule has 9 nitrogen and oxygen atoms in total. The van der Waals surface area contributed by atoms with E-state index in [1.165, 1.54) is 11.3 Å². The fourth-order valence-corrected chi connectivity index (χ4v) is 4.29. The van der Waals surface area contributed by atoms with Crippen LogP contribution in [0.5, 0.6) is 0 Å². The van der Waals surface area contributed by atoms with Crippen LogP contribution in [-0.4, -0.2) is 46.0 Å². The van der Waals surface area contributed by atoms with Crippen molar-refractivity contribution >= 4 is 45.4 Å². The summed E-state index contributed by atoms with van der Waals surface area (Å²) in [5, 5.41) is 3.38. The summed E-state index contributed by atoms with van der Waals surface area (Å²) in [6, 6.07) is 4.23. The van der Waals surface area contributed by atoms with Gasteiger partial charge in [0.2, 0.25) is 0 Å². The number of fused-ring (bicyclic) bond motifs is 1. The molecule has 10 heteroatoms. The van der Waals surface area contributed by atoms with Crippen LogP contribution in [0.2, 0.25) is 0 Å². The SMILES string of the molecule is O=C(COC(=O)c1ccc2ncsc2c1)NN1C(=O)NC2(CCCCC2)C1=O. The predicted molar refractivity (Wildman–Crippen MR) is 99.2 cm³/mol. The van der Waals surface area contributed by atoms with Crippen molar-refractivity contribution in [1.82, 2.24) is 20.7 Å². The number of thiazole rings is 1. The number of nitrogens with one attached hydrogen (secondary N) is 2. The minimum atomic E-state index is -0.927. The van der Waals surface area contributed by atoms with Crippen molar-refractivity contribution in [2.24, 2.45) is 0 Å². The number of hydrogen-bond donors (Lipinski definition) is 2. The van der Waals surface area contributed by atoms with Crippen LogP contribution in [0.3, 0.4) is 0 Å². The highest BCUT2D eigenvalue weighted by atomic mass is 32.1. The molecule has 4 rings (SSSR count). The van der Waals surface area contributed by atoms with Gasteiger partial charge in [0.1, 0.15) is 5.54 Å². The fourth-order valence-electron chi connectivity index (χ4n) is 3.57. The smallest absolute Gasteiger partial charge is 0.344 e. The second kappa shape index (κ2) is 7.19. The molecule has 2 fully saturated rings. The van der Waals surface area contributed by atoms with Crippen LogP contribution in [0, 0.1) is 0 Å². The quantitative estimate of drug-likeness (QED) is 0.594.